The molecule has 28 heavy (non-hydrogen) atoms. The predicted molar refractivity (Wildman–Crippen MR) is 97.0 cm³/mol. The maximum Gasteiger partial charge on any atom is 0.255 e. The summed E-state index contributed by atoms with van der Waals surface area (Å²) in [5.41, 5.74) is 2.53. The number of fused-ring (bicyclic) bond motifs is 3. The smallest absolute Gasteiger partial charge is 0.255 e. The number of nitrogens with two attached hydrogens (primary N) is 1. The van der Waals surface area contributed by atoms with E-state index in [0.29, 0.717) is 16.5 Å². The van der Waals surface area contributed by atoms with E-state index in [1.165, 1.54) is 6.07 Å². The first-order chi connectivity index (χ1) is 13.1. The van der Waals surface area contributed by atoms with Crippen molar-refractivity contribution in [2.75, 3.05) is 0 Å². The summed E-state index contributed by atoms with van der Waals surface area (Å²) in [6, 6.07) is 4.61. The molecule has 0 unspecified atom stereocenters. The molecule has 0 spiro atoms. The average molecular weight is 383 g/mol. The summed E-state index contributed by atoms with van der Waals surface area (Å²) < 4.78 is 0. The van der Waals surface area contributed by atoms with Crippen LogP contribution in [0.3, 0.4) is 0 Å². The Morgan fingerprint density at radius 2 is 1.86 bits per heavy atom. The first kappa shape index (κ1) is 18.0. The number of primary amides is 1. The van der Waals surface area contributed by atoms with Gasteiger partial charge in [-0.2, -0.15) is 0 Å². The lowest BCUT2D eigenvalue weighted by atomic mass is 9.63. The highest BCUT2D eigenvalue weighted by Gasteiger charge is 2.58. The van der Waals surface area contributed by atoms with Crippen LogP contribution in [-0.2, 0) is 16.0 Å². The summed E-state index contributed by atoms with van der Waals surface area (Å²) in [7, 11) is 0. The van der Waals surface area contributed by atoms with Crippen LogP contribution in [0.5, 0.6) is 11.5 Å². The number of carbonyl (C=O) groups is 3. The molecule has 144 valence electrons. The molecule has 0 aromatic heterocycles. The Kier molecular flexibility index (Phi) is 3.57. The Morgan fingerprint density at radius 3 is 2.50 bits per heavy atom. The van der Waals surface area contributed by atoms with E-state index in [4.69, 9.17) is 5.73 Å². The third-order valence-electron chi connectivity index (χ3n) is 5.84. The summed E-state index contributed by atoms with van der Waals surface area (Å²) in [6.45, 7) is 1.70. The largest absolute Gasteiger partial charge is 0.508 e. The number of hydrogen-bond acceptors (Lipinski definition) is 7. The van der Waals surface area contributed by atoms with Crippen LogP contribution < -0.4 is 5.73 Å². The van der Waals surface area contributed by atoms with Crippen molar-refractivity contribution in [1.82, 2.24) is 0 Å². The first-order valence-electron chi connectivity index (χ1n) is 8.60. The number of Topliss-reactive ketones (excluding diaryl/α,β-unsaturated/α-hetero) is 2. The van der Waals surface area contributed by atoms with Crippen LogP contribution in [0.15, 0.2) is 29.5 Å². The van der Waals surface area contributed by atoms with Crippen LogP contribution in [-0.4, -0.2) is 43.5 Å². The van der Waals surface area contributed by atoms with Gasteiger partial charge in [-0.1, -0.05) is 12.1 Å². The quantitative estimate of drug-likeness (QED) is 0.458. The fourth-order valence-electron chi connectivity index (χ4n) is 4.41. The maximum atomic E-state index is 13.2. The third kappa shape index (κ3) is 2.00. The van der Waals surface area contributed by atoms with Crippen molar-refractivity contribution in [2.24, 2.45) is 11.7 Å². The first-order valence-corrected chi connectivity index (χ1v) is 8.60. The Hall–Kier alpha value is -3.39. The van der Waals surface area contributed by atoms with Crippen LogP contribution in [0.25, 0.3) is 10.8 Å². The number of aryl methyl sites for hydroxylation is 1. The second-order valence-corrected chi connectivity index (χ2v) is 7.24. The van der Waals surface area contributed by atoms with Crippen molar-refractivity contribution in [3.63, 3.8) is 0 Å². The standard InChI is InChI=1S/C20H17NO7/c1-7-9-3-2-4-11(22)13(9)16(24)14-10(7)5-8-6-12(23)15(19(21)27)18(26)20(8,28)17(14)25/h2-4,8,22,24,26,28H,5-6H2,1H3,(H2,21,27)/t8-,20-/m0/s1. The number of phenols is 2. The molecule has 1 amide bonds. The van der Waals surface area contributed by atoms with Crippen LogP contribution in [0.1, 0.15) is 27.9 Å². The number of carbonyl (C=O) groups excluding carboxylic acids is 3. The molecule has 8 heteroatoms. The predicted octanol–water partition coefficient (Wildman–Crippen LogP) is 0.916. The van der Waals surface area contributed by atoms with Gasteiger partial charge in [-0.25, -0.2) is 0 Å². The Balaban J connectivity index is 2.07. The van der Waals surface area contributed by atoms with E-state index in [1.807, 2.05) is 0 Å². The number of hydrogen-bond donors (Lipinski definition) is 5. The molecule has 0 saturated carbocycles. The summed E-state index contributed by atoms with van der Waals surface area (Å²) >= 11 is 0. The van der Waals surface area contributed by atoms with Crippen LogP contribution in [0.2, 0.25) is 0 Å². The molecule has 2 aromatic rings. The normalized spacial score (nSPS) is 24.3. The number of aliphatic hydroxyl groups excluding tert-OH is 1. The van der Waals surface area contributed by atoms with Gasteiger partial charge in [0.2, 0.25) is 5.78 Å². The van der Waals surface area contributed by atoms with E-state index >= 15 is 0 Å². The van der Waals surface area contributed by atoms with Crippen molar-refractivity contribution >= 4 is 28.2 Å². The van der Waals surface area contributed by atoms with E-state index in [0.717, 1.165) is 0 Å². The molecular weight excluding hydrogens is 366 g/mol. The fourth-order valence-corrected chi connectivity index (χ4v) is 4.41. The lowest BCUT2D eigenvalue weighted by Crippen LogP contribution is -2.56. The lowest BCUT2D eigenvalue weighted by molar-refractivity contribution is -0.125. The molecule has 8 nitrogen and oxygen atoms in total. The maximum absolute atomic E-state index is 13.2. The second-order valence-electron chi connectivity index (χ2n) is 7.24. The number of rotatable bonds is 1. The molecule has 0 bridgehead atoms. The van der Waals surface area contributed by atoms with Crippen LogP contribution in [0, 0.1) is 12.8 Å². The molecule has 0 radical (unpaired) electrons. The third-order valence-corrected chi connectivity index (χ3v) is 5.84. The summed E-state index contributed by atoms with van der Waals surface area (Å²) in [4.78, 5) is 37.0. The van der Waals surface area contributed by atoms with Crippen LogP contribution >= 0.6 is 0 Å². The Bertz CT molecular complexity index is 1150. The highest BCUT2D eigenvalue weighted by atomic mass is 16.3. The molecule has 2 aliphatic carbocycles. The monoisotopic (exact) mass is 383 g/mol. The van der Waals surface area contributed by atoms with Crippen molar-refractivity contribution in [2.45, 2.75) is 25.4 Å². The fraction of sp³-hybridized carbons (Fsp3) is 0.250. The molecule has 2 atom stereocenters. The van der Waals surface area contributed by atoms with Gasteiger partial charge in [-0.3, -0.25) is 14.4 Å². The minimum absolute atomic E-state index is 0.00437. The SMILES string of the molecule is Cc1c2c(c(O)c3c(O)cccc13)C(=O)[C@]1(O)C(O)=C(C(N)=O)C(=O)C[C@@H]1C2. The van der Waals surface area contributed by atoms with Crippen molar-refractivity contribution in [3.05, 3.63) is 46.2 Å². The van der Waals surface area contributed by atoms with E-state index in [2.05, 4.69) is 0 Å². The number of ketones is 2. The molecule has 6 N–H and O–H groups in total. The second kappa shape index (κ2) is 5.56. The van der Waals surface area contributed by atoms with Crippen molar-refractivity contribution in [1.29, 1.82) is 0 Å². The van der Waals surface area contributed by atoms with Gasteiger partial charge in [-0.15, -0.1) is 0 Å². The van der Waals surface area contributed by atoms with Gasteiger partial charge in [0.1, 0.15) is 22.8 Å². The van der Waals surface area contributed by atoms with Gasteiger partial charge in [0.15, 0.2) is 11.4 Å². The van der Waals surface area contributed by atoms with E-state index in [1.54, 1.807) is 19.1 Å². The van der Waals surface area contributed by atoms with Gasteiger partial charge < -0.3 is 26.2 Å². The Labute approximate surface area is 158 Å². The topological polar surface area (TPSA) is 158 Å². The zero-order valence-electron chi connectivity index (χ0n) is 14.8. The highest BCUT2D eigenvalue weighted by molar-refractivity contribution is 6.23. The van der Waals surface area contributed by atoms with Gasteiger partial charge >= 0.3 is 0 Å². The lowest BCUT2D eigenvalue weighted by Gasteiger charge is -2.42. The van der Waals surface area contributed by atoms with Gasteiger partial charge in [-0.05, 0) is 35.9 Å². The molecule has 0 saturated heterocycles. The summed E-state index contributed by atoms with van der Waals surface area (Å²) in [5, 5.41) is 43.0. The minimum atomic E-state index is -2.56. The number of amides is 1. The molecule has 0 fully saturated rings. The Morgan fingerprint density at radius 1 is 1.18 bits per heavy atom. The molecule has 4 rings (SSSR count). The van der Waals surface area contributed by atoms with Crippen molar-refractivity contribution in [3.8, 4) is 11.5 Å². The van der Waals surface area contributed by atoms with Gasteiger partial charge in [0.05, 0.1) is 10.9 Å². The molecule has 2 aliphatic rings. The zero-order valence-corrected chi connectivity index (χ0v) is 14.8. The minimum Gasteiger partial charge on any atom is -0.508 e. The van der Waals surface area contributed by atoms with E-state index in [-0.39, 0.29) is 29.5 Å². The van der Waals surface area contributed by atoms with E-state index in [9.17, 15) is 34.8 Å². The number of phenolic OH excluding ortho intramolecular Hbond substituents is 2. The van der Waals surface area contributed by atoms with Crippen LogP contribution in [0.4, 0.5) is 0 Å². The highest BCUT2D eigenvalue weighted by Crippen LogP contribution is 2.49. The summed E-state index contributed by atoms with van der Waals surface area (Å²) in [5.74, 6) is -5.94. The molecule has 0 aliphatic heterocycles. The number of aliphatic hydroxyl groups is 2. The molecule has 2 aromatic carbocycles. The molecule has 0 heterocycles. The summed E-state index contributed by atoms with van der Waals surface area (Å²) in [6.07, 6.45) is -0.354. The van der Waals surface area contributed by atoms with Gasteiger partial charge in [0.25, 0.3) is 5.91 Å². The number of aromatic hydroxyl groups is 2. The van der Waals surface area contributed by atoms with Crippen molar-refractivity contribution < 1.29 is 34.8 Å². The molecular formula is C20H17NO7. The average Bonchev–Trinajstić information content (AvgIpc) is 2.62. The van der Waals surface area contributed by atoms with E-state index < -0.39 is 46.1 Å². The number of benzene rings is 2. The van der Waals surface area contributed by atoms with Gasteiger partial charge in [0, 0.05) is 12.3 Å². The zero-order chi connectivity index (χ0) is 20.5.